The molecule has 4 heteroatoms. The van der Waals surface area contributed by atoms with E-state index in [9.17, 15) is 5.11 Å². The van der Waals surface area contributed by atoms with E-state index in [1.807, 2.05) is 36.5 Å². The van der Waals surface area contributed by atoms with Crippen LogP contribution in [0.1, 0.15) is 23.7 Å². The number of nitrogens with one attached hydrogen (secondary N) is 1. The fraction of sp³-hybridized carbons (Fsp3) is 0.211. The molecule has 1 aromatic heterocycles. The number of hydrogen-bond acceptors (Lipinski definition) is 3. The molecule has 3 rings (SSSR count). The molecule has 2 atom stereocenters. The van der Waals surface area contributed by atoms with Gasteiger partial charge >= 0.3 is 0 Å². The van der Waals surface area contributed by atoms with Crippen molar-refractivity contribution in [2.24, 2.45) is 11.7 Å². The minimum Gasteiger partial charge on any atom is -0.508 e. The highest BCUT2D eigenvalue weighted by Crippen LogP contribution is 2.36. The maximum absolute atomic E-state index is 9.58. The van der Waals surface area contributed by atoms with Gasteiger partial charge in [-0.2, -0.15) is 0 Å². The topological polar surface area (TPSA) is 74.9 Å². The summed E-state index contributed by atoms with van der Waals surface area (Å²) in [7, 11) is 0. The Morgan fingerprint density at radius 1 is 1.09 bits per heavy atom. The number of nitrogens with zero attached hydrogens (tertiary/aromatic N) is 1. The normalized spacial score (nSPS) is 15.0. The van der Waals surface area contributed by atoms with Crippen LogP contribution in [0, 0.1) is 5.92 Å². The highest BCUT2D eigenvalue weighted by Gasteiger charge is 2.35. The number of phenolic OH excluding ortho intramolecular Hbond substituents is 1. The van der Waals surface area contributed by atoms with Crippen molar-refractivity contribution in [3.05, 3.63) is 83.9 Å². The van der Waals surface area contributed by atoms with Gasteiger partial charge in [-0.3, -0.25) is 0 Å². The molecule has 4 nitrogen and oxygen atoms in total. The van der Waals surface area contributed by atoms with Crippen LogP contribution < -0.4 is 5.73 Å². The molecule has 0 aliphatic carbocycles. The monoisotopic (exact) mass is 307 g/mol. The third kappa shape index (κ3) is 2.98. The van der Waals surface area contributed by atoms with Crippen molar-refractivity contribution < 1.29 is 5.11 Å². The molecule has 23 heavy (non-hydrogen) atoms. The largest absolute Gasteiger partial charge is 0.508 e. The van der Waals surface area contributed by atoms with Crippen molar-refractivity contribution in [1.29, 1.82) is 0 Å². The van der Waals surface area contributed by atoms with Crippen LogP contribution in [0.25, 0.3) is 0 Å². The number of aromatic nitrogens is 2. The summed E-state index contributed by atoms with van der Waals surface area (Å²) in [5.41, 5.74) is 9.37. The van der Waals surface area contributed by atoms with E-state index in [1.165, 1.54) is 0 Å². The van der Waals surface area contributed by atoms with E-state index in [0.29, 0.717) is 0 Å². The van der Waals surface area contributed by atoms with Gasteiger partial charge in [-0.1, -0.05) is 49.4 Å². The standard InChI is InChI=1S/C19H21N3O/c1-14(11-17-12-21-13-22-17)19(20,15-5-3-2-4-6-15)16-7-9-18(23)10-8-16/h2-10,12-14,23H,11,20H2,1H3,(H,21,22). The Hall–Kier alpha value is -2.59. The molecule has 118 valence electrons. The van der Waals surface area contributed by atoms with Crippen LogP contribution >= 0.6 is 0 Å². The highest BCUT2D eigenvalue weighted by molar-refractivity contribution is 5.41. The molecule has 0 amide bonds. The number of nitrogens with two attached hydrogens (primary N) is 1. The zero-order chi connectivity index (χ0) is 16.3. The lowest BCUT2D eigenvalue weighted by molar-refractivity contribution is 0.350. The molecule has 4 N–H and O–H groups in total. The van der Waals surface area contributed by atoms with E-state index in [4.69, 9.17) is 5.73 Å². The average molecular weight is 307 g/mol. The van der Waals surface area contributed by atoms with Crippen LogP contribution in [-0.2, 0) is 12.0 Å². The molecular formula is C19H21N3O. The third-order valence-electron chi connectivity index (χ3n) is 4.45. The predicted molar refractivity (Wildman–Crippen MR) is 91.0 cm³/mol. The molecule has 2 aromatic carbocycles. The van der Waals surface area contributed by atoms with Crippen LogP contribution in [0.4, 0.5) is 0 Å². The summed E-state index contributed by atoms with van der Waals surface area (Å²) in [5.74, 6) is 0.375. The van der Waals surface area contributed by atoms with Gasteiger partial charge in [0.1, 0.15) is 5.75 Å². The Kier molecular flexibility index (Phi) is 4.17. The first-order chi connectivity index (χ1) is 11.1. The number of phenols is 1. The van der Waals surface area contributed by atoms with Gasteiger partial charge in [-0.25, -0.2) is 4.98 Å². The third-order valence-corrected chi connectivity index (χ3v) is 4.45. The quantitative estimate of drug-likeness (QED) is 0.677. The Morgan fingerprint density at radius 2 is 1.74 bits per heavy atom. The second-order valence-corrected chi connectivity index (χ2v) is 5.96. The fourth-order valence-corrected chi connectivity index (χ4v) is 3.07. The van der Waals surface area contributed by atoms with Crippen molar-refractivity contribution in [2.75, 3.05) is 0 Å². The molecule has 2 unspecified atom stereocenters. The molecule has 0 aliphatic rings. The first-order valence-corrected chi connectivity index (χ1v) is 7.72. The van der Waals surface area contributed by atoms with Crippen LogP contribution in [-0.4, -0.2) is 15.1 Å². The van der Waals surface area contributed by atoms with Gasteiger partial charge < -0.3 is 15.8 Å². The lowest BCUT2D eigenvalue weighted by atomic mass is 9.73. The SMILES string of the molecule is CC(Cc1cnc[nH]1)C(N)(c1ccccc1)c1ccc(O)cc1. The summed E-state index contributed by atoms with van der Waals surface area (Å²) in [4.78, 5) is 7.23. The molecule has 0 radical (unpaired) electrons. The van der Waals surface area contributed by atoms with E-state index >= 15 is 0 Å². The van der Waals surface area contributed by atoms with Crippen LogP contribution in [0.5, 0.6) is 5.75 Å². The maximum Gasteiger partial charge on any atom is 0.115 e. The lowest BCUT2D eigenvalue weighted by Crippen LogP contribution is -2.45. The maximum atomic E-state index is 9.58. The summed E-state index contributed by atoms with van der Waals surface area (Å²) in [5, 5.41) is 9.58. The van der Waals surface area contributed by atoms with Gasteiger partial charge in [0.25, 0.3) is 0 Å². The number of rotatable bonds is 5. The van der Waals surface area contributed by atoms with E-state index in [-0.39, 0.29) is 11.7 Å². The smallest absolute Gasteiger partial charge is 0.115 e. The number of aromatic amines is 1. The summed E-state index contributed by atoms with van der Waals surface area (Å²) >= 11 is 0. The first-order valence-electron chi connectivity index (χ1n) is 7.72. The van der Waals surface area contributed by atoms with Crippen LogP contribution in [0.2, 0.25) is 0 Å². The van der Waals surface area contributed by atoms with Crippen LogP contribution in [0.3, 0.4) is 0 Å². The van der Waals surface area contributed by atoms with Crippen molar-refractivity contribution in [2.45, 2.75) is 18.9 Å². The van der Waals surface area contributed by atoms with Crippen molar-refractivity contribution in [3.63, 3.8) is 0 Å². The summed E-state index contributed by atoms with van der Waals surface area (Å²) in [6, 6.07) is 17.2. The van der Waals surface area contributed by atoms with Crippen LogP contribution in [0.15, 0.2) is 67.1 Å². The fourth-order valence-electron chi connectivity index (χ4n) is 3.07. The summed E-state index contributed by atoms with van der Waals surface area (Å²) in [6.07, 6.45) is 4.30. The molecular weight excluding hydrogens is 286 g/mol. The second-order valence-electron chi connectivity index (χ2n) is 5.96. The molecule has 3 aromatic rings. The molecule has 0 saturated heterocycles. The minimum atomic E-state index is -0.653. The second kappa shape index (κ2) is 6.26. The Bertz CT molecular complexity index is 738. The van der Waals surface area contributed by atoms with Gasteiger partial charge in [0.15, 0.2) is 0 Å². The van der Waals surface area contributed by atoms with Gasteiger partial charge in [-0.15, -0.1) is 0 Å². The van der Waals surface area contributed by atoms with Gasteiger partial charge in [0.05, 0.1) is 11.9 Å². The Labute approximate surface area is 136 Å². The number of benzene rings is 2. The molecule has 0 saturated carbocycles. The molecule has 0 fully saturated rings. The van der Waals surface area contributed by atoms with Crippen molar-refractivity contribution >= 4 is 0 Å². The van der Waals surface area contributed by atoms with Gasteiger partial charge in [0.2, 0.25) is 0 Å². The molecule has 0 aliphatic heterocycles. The minimum absolute atomic E-state index is 0.134. The molecule has 1 heterocycles. The van der Waals surface area contributed by atoms with Crippen molar-refractivity contribution in [1.82, 2.24) is 9.97 Å². The van der Waals surface area contributed by atoms with Gasteiger partial charge in [-0.05, 0) is 35.6 Å². The summed E-state index contributed by atoms with van der Waals surface area (Å²) in [6.45, 7) is 2.14. The number of hydrogen-bond donors (Lipinski definition) is 3. The number of imidazole rings is 1. The van der Waals surface area contributed by atoms with Crippen molar-refractivity contribution in [3.8, 4) is 5.75 Å². The first kappa shape index (κ1) is 15.3. The highest BCUT2D eigenvalue weighted by atomic mass is 16.3. The molecule has 0 spiro atoms. The Morgan fingerprint density at radius 3 is 2.35 bits per heavy atom. The van der Waals surface area contributed by atoms with E-state index < -0.39 is 5.54 Å². The zero-order valence-corrected chi connectivity index (χ0v) is 13.1. The van der Waals surface area contributed by atoms with E-state index in [1.54, 1.807) is 18.5 Å². The predicted octanol–water partition coefficient (Wildman–Crippen LogP) is 3.20. The van der Waals surface area contributed by atoms with Gasteiger partial charge in [0, 0.05) is 11.9 Å². The molecule has 0 bridgehead atoms. The van der Waals surface area contributed by atoms with E-state index in [0.717, 1.165) is 23.2 Å². The zero-order valence-electron chi connectivity index (χ0n) is 13.1. The van der Waals surface area contributed by atoms with E-state index in [2.05, 4.69) is 29.0 Å². The summed E-state index contributed by atoms with van der Waals surface area (Å²) < 4.78 is 0. The Balaban J connectivity index is 2.04. The lowest BCUT2D eigenvalue weighted by Gasteiger charge is -2.37. The number of H-pyrrole nitrogens is 1. The average Bonchev–Trinajstić information content (AvgIpc) is 3.08. The number of aromatic hydroxyl groups is 1.